The Morgan fingerprint density at radius 1 is 0.524 bits per heavy atom. The zero-order valence-electron chi connectivity index (χ0n) is 22.4. The van der Waals surface area contributed by atoms with Crippen LogP contribution in [0.3, 0.4) is 0 Å². The molecule has 5 nitrogen and oxygen atoms in total. The van der Waals surface area contributed by atoms with Gasteiger partial charge in [0.05, 0.1) is 33.1 Å². The molecule has 5 heteroatoms. The first-order chi connectivity index (χ1) is 20.8. The number of aromatic nitrogens is 2. The summed E-state index contributed by atoms with van der Waals surface area (Å²) < 4.78 is 17.6. The fourth-order valence-corrected chi connectivity index (χ4v) is 6.99. The minimum Gasteiger partial charge on any atom is -0.456 e. The molecule has 1 atom stereocenters. The maximum atomic E-state index is 6.80. The number of fused-ring (bicyclic) bond motifs is 11. The van der Waals surface area contributed by atoms with E-state index in [1.54, 1.807) is 0 Å². The third-order valence-corrected chi connectivity index (χ3v) is 8.77. The smallest absolute Gasteiger partial charge is 0.255 e. The van der Waals surface area contributed by atoms with E-state index < -0.39 is 6.35 Å². The average molecular weight is 542 g/mol. The summed E-state index contributed by atoms with van der Waals surface area (Å²) in [6.07, 6.45) is -0.421. The van der Waals surface area contributed by atoms with Crippen molar-refractivity contribution in [3.63, 3.8) is 0 Å². The van der Waals surface area contributed by atoms with Gasteiger partial charge in [0.15, 0.2) is 5.75 Å². The van der Waals surface area contributed by atoms with Crippen molar-refractivity contribution in [2.24, 2.45) is 0 Å². The SMILES string of the molecule is c1ccc2c(c1)oc1ccc3c(c12)OC(n1c2ccccc2c2ccc(-n4c5ccccc5c5ccccc54)cc21)N3. The molecule has 0 aliphatic carbocycles. The van der Waals surface area contributed by atoms with Crippen LogP contribution >= 0.6 is 0 Å². The number of furan rings is 1. The second-order valence-electron chi connectivity index (χ2n) is 11.0. The monoisotopic (exact) mass is 541 g/mol. The molecule has 1 unspecified atom stereocenters. The molecule has 3 aromatic heterocycles. The van der Waals surface area contributed by atoms with Gasteiger partial charge in [0.2, 0.25) is 0 Å². The highest BCUT2D eigenvalue weighted by Gasteiger charge is 2.30. The van der Waals surface area contributed by atoms with Gasteiger partial charge in [-0.25, -0.2) is 0 Å². The summed E-state index contributed by atoms with van der Waals surface area (Å²) in [6.45, 7) is 0. The molecule has 0 bridgehead atoms. The number of rotatable bonds is 2. The van der Waals surface area contributed by atoms with Gasteiger partial charge in [0.1, 0.15) is 11.2 Å². The fraction of sp³-hybridized carbons (Fsp3) is 0.0270. The quantitative estimate of drug-likeness (QED) is 0.237. The van der Waals surface area contributed by atoms with Crippen LogP contribution in [0.1, 0.15) is 6.35 Å². The Hall–Kier alpha value is -5.68. The van der Waals surface area contributed by atoms with Gasteiger partial charge in [0, 0.05) is 32.6 Å². The third-order valence-electron chi connectivity index (χ3n) is 8.77. The van der Waals surface area contributed by atoms with E-state index in [4.69, 9.17) is 9.15 Å². The highest BCUT2D eigenvalue weighted by atomic mass is 16.5. The first-order valence-corrected chi connectivity index (χ1v) is 14.2. The molecule has 1 N–H and O–H groups in total. The predicted octanol–water partition coefficient (Wildman–Crippen LogP) is 9.75. The molecule has 6 aromatic carbocycles. The molecule has 1 aliphatic rings. The number of anilines is 1. The second-order valence-corrected chi connectivity index (χ2v) is 11.0. The van der Waals surface area contributed by atoms with E-state index in [1.165, 1.54) is 32.6 Å². The lowest BCUT2D eigenvalue weighted by Gasteiger charge is -2.17. The summed E-state index contributed by atoms with van der Waals surface area (Å²) in [5.74, 6) is 0.826. The van der Waals surface area contributed by atoms with E-state index in [1.807, 2.05) is 24.3 Å². The molecular formula is C37H23N3O2. The number of nitrogens with zero attached hydrogens (tertiary/aromatic N) is 2. The Morgan fingerprint density at radius 2 is 1.14 bits per heavy atom. The zero-order chi connectivity index (χ0) is 27.4. The van der Waals surface area contributed by atoms with Gasteiger partial charge in [-0.2, -0.15) is 0 Å². The molecule has 10 rings (SSSR count). The van der Waals surface area contributed by atoms with Crippen molar-refractivity contribution < 1.29 is 9.15 Å². The summed E-state index contributed by atoms with van der Waals surface area (Å²) in [6, 6.07) is 44.8. The molecule has 4 heterocycles. The highest BCUT2D eigenvalue weighted by Crippen LogP contribution is 2.47. The van der Waals surface area contributed by atoms with Crippen LogP contribution in [0.2, 0.25) is 0 Å². The van der Waals surface area contributed by atoms with E-state index in [0.29, 0.717) is 0 Å². The van der Waals surface area contributed by atoms with Crippen molar-refractivity contribution in [2.45, 2.75) is 6.35 Å². The Labute approximate surface area is 239 Å². The largest absolute Gasteiger partial charge is 0.456 e. The lowest BCUT2D eigenvalue weighted by atomic mass is 10.1. The van der Waals surface area contributed by atoms with Crippen molar-refractivity contribution in [1.82, 2.24) is 9.13 Å². The van der Waals surface area contributed by atoms with Crippen molar-refractivity contribution in [3.05, 3.63) is 127 Å². The highest BCUT2D eigenvalue weighted by molar-refractivity contribution is 6.12. The summed E-state index contributed by atoms with van der Waals surface area (Å²) in [5.41, 5.74) is 8.37. The molecule has 0 amide bonds. The zero-order valence-corrected chi connectivity index (χ0v) is 22.4. The first kappa shape index (κ1) is 22.1. The predicted molar refractivity (Wildman–Crippen MR) is 171 cm³/mol. The van der Waals surface area contributed by atoms with Crippen LogP contribution in [0.4, 0.5) is 5.69 Å². The van der Waals surface area contributed by atoms with Crippen molar-refractivity contribution >= 4 is 71.2 Å². The minimum atomic E-state index is -0.421. The maximum Gasteiger partial charge on any atom is 0.255 e. The normalized spacial score (nSPS) is 14.8. The van der Waals surface area contributed by atoms with Crippen LogP contribution in [0.25, 0.3) is 71.2 Å². The van der Waals surface area contributed by atoms with E-state index in [0.717, 1.165) is 50.1 Å². The van der Waals surface area contributed by atoms with Crippen LogP contribution < -0.4 is 10.1 Å². The van der Waals surface area contributed by atoms with Crippen molar-refractivity contribution in [1.29, 1.82) is 0 Å². The average Bonchev–Trinajstić information content (AvgIpc) is 3.79. The standard InChI is InChI=1S/C37H23N3O2/c1-5-13-29-23(9-1)24-10-2-6-14-30(24)39(29)22-17-18-26-25-11-3-7-15-31(25)40(32(26)21-22)37-38-28-19-20-34-35(36(28)42-37)27-12-4-8-16-33(27)41-34/h1-21,37-38H. The van der Waals surface area contributed by atoms with Crippen molar-refractivity contribution in [3.8, 4) is 11.4 Å². The lowest BCUT2D eigenvalue weighted by molar-refractivity contribution is 0.195. The molecule has 0 spiro atoms. The number of ether oxygens (including phenoxy) is 1. The number of para-hydroxylation sites is 4. The van der Waals surface area contributed by atoms with E-state index >= 15 is 0 Å². The Balaban J connectivity index is 1.22. The van der Waals surface area contributed by atoms with Gasteiger partial charge in [0.25, 0.3) is 6.35 Å². The van der Waals surface area contributed by atoms with Crippen molar-refractivity contribution in [2.75, 3.05) is 5.32 Å². The molecule has 0 radical (unpaired) electrons. The topological polar surface area (TPSA) is 44.3 Å². The lowest BCUT2D eigenvalue weighted by Crippen LogP contribution is -2.18. The summed E-state index contributed by atoms with van der Waals surface area (Å²) in [4.78, 5) is 0. The third kappa shape index (κ3) is 2.82. The summed E-state index contributed by atoms with van der Waals surface area (Å²) >= 11 is 0. The molecular weight excluding hydrogens is 518 g/mol. The van der Waals surface area contributed by atoms with Gasteiger partial charge in [-0.15, -0.1) is 0 Å². The van der Waals surface area contributed by atoms with Crippen LogP contribution in [0.15, 0.2) is 132 Å². The van der Waals surface area contributed by atoms with Gasteiger partial charge >= 0.3 is 0 Å². The summed E-state index contributed by atoms with van der Waals surface area (Å²) in [7, 11) is 0. The van der Waals surface area contributed by atoms with Gasteiger partial charge < -0.3 is 19.0 Å². The van der Waals surface area contributed by atoms with E-state index in [-0.39, 0.29) is 0 Å². The fourth-order valence-electron chi connectivity index (χ4n) is 6.99. The first-order valence-electron chi connectivity index (χ1n) is 14.2. The molecule has 0 saturated carbocycles. The number of nitrogens with one attached hydrogen (secondary N) is 1. The number of hydrogen-bond acceptors (Lipinski definition) is 3. The minimum absolute atomic E-state index is 0.421. The second kappa shape index (κ2) is 7.95. The molecule has 42 heavy (non-hydrogen) atoms. The van der Waals surface area contributed by atoms with Gasteiger partial charge in [-0.05, 0) is 48.5 Å². The maximum absolute atomic E-state index is 6.80. The molecule has 0 fully saturated rings. The number of hydrogen-bond donors (Lipinski definition) is 1. The van der Waals surface area contributed by atoms with Gasteiger partial charge in [-0.3, -0.25) is 4.57 Å². The molecule has 0 saturated heterocycles. The van der Waals surface area contributed by atoms with Crippen LogP contribution in [0.5, 0.6) is 5.75 Å². The Kier molecular flexibility index (Phi) is 4.18. The number of benzene rings is 6. The van der Waals surface area contributed by atoms with Crippen LogP contribution in [-0.2, 0) is 0 Å². The Bertz CT molecular complexity index is 2500. The molecule has 1 aliphatic heterocycles. The molecule has 9 aromatic rings. The van der Waals surface area contributed by atoms with E-state index in [2.05, 4.69) is 118 Å². The summed E-state index contributed by atoms with van der Waals surface area (Å²) in [5, 5.41) is 10.6. The van der Waals surface area contributed by atoms with Gasteiger partial charge in [-0.1, -0.05) is 78.9 Å². The van der Waals surface area contributed by atoms with Crippen LogP contribution in [-0.4, -0.2) is 9.13 Å². The molecule has 198 valence electrons. The Morgan fingerprint density at radius 3 is 1.90 bits per heavy atom. The van der Waals surface area contributed by atoms with Crippen LogP contribution in [0, 0.1) is 0 Å². The van der Waals surface area contributed by atoms with E-state index in [9.17, 15) is 0 Å².